The van der Waals surface area contributed by atoms with Gasteiger partial charge in [-0.05, 0) is 31.4 Å². The van der Waals surface area contributed by atoms with Gasteiger partial charge in [0.2, 0.25) is 0 Å². The van der Waals surface area contributed by atoms with E-state index in [9.17, 15) is 0 Å². The molecule has 0 aromatic heterocycles. The van der Waals surface area contributed by atoms with Crippen molar-refractivity contribution in [2.75, 3.05) is 31.6 Å². The summed E-state index contributed by atoms with van der Waals surface area (Å²) in [5.74, 6) is 2.07. The van der Waals surface area contributed by atoms with Gasteiger partial charge in [-0.1, -0.05) is 20.8 Å². The van der Waals surface area contributed by atoms with E-state index in [1.165, 1.54) is 6.42 Å². The zero-order valence-corrected chi connectivity index (χ0v) is 12.9. The van der Waals surface area contributed by atoms with E-state index >= 15 is 0 Å². The molecule has 0 aromatic rings. The van der Waals surface area contributed by atoms with Gasteiger partial charge in [0.25, 0.3) is 0 Å². The topological polar surface area (TPSA) is 36.4 Å². The number of nitrogens with zero attached hydrogens (tertiary/aromatic N) is 1. The highest BCUT2D eigenvalue weighted by atomic mass is 32.2. The van der Waals surface area contributed by atoms with Gasteiger partial charge in [-0.2, -0.15) is 11.8 Å². The van der Waals surface area contributed by atoms with Crippen molar-refractivity contribution in [1.29, 1.82) is 0 Å². The Morgan fingerprint density at radius 1 is 1.24 bits per heavy atom. The van der Waals surface area contributed by atoms with E-state index in [4.69, 9.17) is 0 Å². The SMILES string of the molecule is CCNC(=NCCCC(C)(C)C)NCCSC. The first-order chi connectivity index (χ1) is 7.99. The van der Waals surface area contributed by atoms with Gasteiger partial charge in [-0.25, -0.2) is 0 Å². The summed E-state index contributed by atoms with van der Waals surface area (Å²) in [6, 6.07) is 0. The van der Waals surface area contributed by atoms with Crippen molar-refractivity contribution in [1.82, 2.24) is 10.6 Å². The molecule has 0 saturated carbocycles. The Balaban J connectivity index is 3.85. The van der Waals surface area contributed by atoms with Crippen LogP contribution in [0.25, 0.3) is 0 Å². The minimum Gasteiger partial charge on any atom is -0.357 e. The lowest BCUT2D eigenvalue weighted by atomic mass is 9.91. The fraction of sp³-hybridized carbons (Fsp3) is 0.923. The Morgan fingerprint density at radius 2 is 1.94 bits per heavy atom. The van der Waals surface area contributed by atoms with Gasteiger partial charge in [-0.15, -0.1) is 0 Å². The molecule has 0 atom stereocenters. The molecule has 0 saturated heterocycles. The molecule has 0 unspecified atom stereocenters. The molecule has 2 N–H and O–H groups in total. The summed E-state index contributed by atoms with van der Waals surface area (Å²) in [4.78, 5) is 4.57. The number of hydrogen-bond acceptors (Lipinski definition) is 2. The second kappa shape index (κ2) is 9.63. The standard InChI is InChI=1S/C13H29N3S/c1-6-14-12(16-10-11-17-5)15-9-7-8-13(2,3)4/h6-11H2,1-5H3,(H2,14,15,16). The number of hydrogen-bond donors (Lipinski definition) is 2. The minimum atomic E-state index is 0.417. The lowest BCUT2D eigenvalue weighted by Crippen LogP contribution is -2.38. The minimum absolute atomic E-state index is 0.417. The third kappa shape index (κ3) is 11.9. The zero-order valence-electron chi connectivity index (χ0n) is 12.1. The smallest absolute Gasteiger partial charge is 0.191 e. The Labute approximate surface area is 111 Å². The Bertz CT molecular complexity index is 209. The first kappa shape index (κ1) is 16.6. The number of guanidine groups is 1. The van der Waals surface area contributed by atoms with Crippen LogP contribution in [0, 0.1) is 5.41 Å². The van der Waals surface area contributed by atoms with Crippen molar-refractivity contribution < 1.29 is 0 Å². The highest BCUT2D eigenvalue weighted by Crippen LogP contribution is 2.20. The van der Waals surface area contributed by atoms with Crippen molar-refractivity contribution in [2.45, 2.75) is 40.5 Å². The van der Waals surface area contributed by atoms with Crippen molar-refractivity contribution in [3.8, 4) is 0 Å². The lowest BCUT2D eigenvalue weighted by Gasteiger charge is -2.17. The van der Waals surface area contributed by atoms with Crippen LogP contribution in [0.1, 0.15) is 40.5 Å². The van der Waals surface area contributed by atoms with Gasteiger partial charge in [-0.3, -0.25) is 4.99 Å². The van der Waals surface area contributed by atoms with E-state index in [-0.39, 0.29) is 0 Å². The van der Waals surface area contributed by atoms with Gasteiger partial charge in [0.05, 0.1) is 0 Å². The molecule has 0 fully saturated rings. The Kier molecular flexibility index (Phi) is 9.41. The molecule has 3 nitrogen and oxygen atoms in total. The van der Waals surface area contributed by atoms with Crippen molar-refractivity contribution >= 4 is 17.7 Å². The lowest BCUT2D eigenvalue weighted by molar-refractivity contribution is 0.368. The molecule has 0 amide bonds. The van der Waals surface area contributed by atoms with Crippen LogP contribution in [0.4, 0.5) is 0 Å². The zero-order chi connectivity index (χ0) is 13.1. The van der Waals surface area contributed by atoms with Crippen molar-refractivity contribution in [2.24, 2.45) is 10.4 Å². The van der Waals surface area contributed by atoms with E-state index in [1.807, 2.05) is 11.8 Å². The van der Waals surface area contributed by atoms with E-state index in [0.717, 1.165) is 37.8 Å². The molecule has 102 valence electrons. The predicted molar refractivity (Wildman–Crippen MR) is 81.1 cm³/mol. The third-order valence-electron chi connectivity index (χ3n) is 2.30. The summed E-state index contributed by atoms with van der Waals surface area (Å²) in [6.07, 6.45) is 4.50. The van der Waals surface area contributed by atoms with Crippen LogP contribution in [0.2, 0.25) is 0 Å². The summed E-state index contributed by atoms with van der Waals surface area (Å²) in [7, 11) is 0. The molecule has 0 aromatic carbocycles. The second-order valence-electron chi connectivity index (χ2n) is 5.34. The van der Waals surface area contributed by atoms with E-state index in [0.29, 0.717) is 5.41 Å². The Hall–Kier alpha value is -0.380. The molecule has 0 aliphatic carbocycles. The molecule has 0 aliphatic heterocycles. The van der Waals surface area contributed by atoms with Gasteiger partial charge >= 0.3 is 0 Å². The van der Waals surface area contributed by atoms with Gasteiger partial charge in [0.1, 0.15) is 0 Å². The molecule has 0 rings (SSSR count). The van der Waals surface area contributed by atoms with Crippen LogP contribution >= 0.6 is 11.8 Å². The maximum Gasteiger partial charge on any atom is 0.191 e. The summed E-state index contributed by atoms with van der Waals surface area (Å²) in [6.45, 7) is 11.7. The second-order valence-corrected chi connectivity index (χ2v) is 6.33. The van der Waals surface area contributed by atoms with Gasteiger partial charge in [0, 0.05) is 25.4 Å². The molecule has 4 heteroatoms. The quantitative estimate of drug-likeness (QED) is 0.419. The van der Waals surface area contributed by atoms with E-state index in [1.54, 1.807) is 0 Å². The van der Waals surface area contributed by atoms with Crippen molar-refractivity contribution in [3.05, 3.63) is 0 Å². The largest absolute Gasteiger partial charge is 0.357 e. The maximum atomic E-state index is 4.57. The first-order valence-corrected chi connectivity index (χ1v) is 7.90. The highest BCUT2D eigenvalue weighted by molar-refractivity contribution is 7.98. The number of thioether (sulfide) groups is 1. The summed E-state index contributed by atoms with van der Waals surface area (Å²) >= 11 is 1.85. The fourth-order valence-electron chi connectivity index (χ4n) is 1.41. The first-order valence-electron chi connectivity index (χ1n) is 6.50. The normalized spacial score (nSPS) is 12.6. The molecule has 0 aliphatic rings. The molecule has 17 heavy (non-hydrogen) atoms. The molecule has 0 bridgehead atoms. The average Bonchev–Trinajstić information content (AvgIpc) is 2.23. The number of aliphatic imine (C=N–C) groups is 1. The molecule has 0 heterocycles. The highest BCUT2D eigenvalue weighted by Gasteiger charge is 2.08. The average molecular weight is 259 g/mol. The van der Waals surface area contributed by atoms with E-state index < -0.39 is 0 Å². The van der Waals surface area contributed by atoms with Gasteiger partial charge < -0.3 is 10.6 Å². The van der Waals surface area contributed by atoms with Crippen LogP contribution in [0.15, 0.2) is 4.99 Å². The van der Waals surface area contributed by atoms with Crippen LogP contribution < -0.4 is 10.6 Å². The summed E-state index contributed by atoms with van der Waals surface area (Å²) in [5, 5.41) is 6.61. The Morgan fingerprint density at radius 3 is 2.47 bits per heavy atom. The third-order valence-corrected chi connectivity index (χ3v) is 2.91. The van der Waals surface area contributed by atoms with E-state index in [2.05, 4.69) is 49.6 Å². The summed E-state index contributed by atoms with van der Waals surface area (Å²) < 4.78 is 0. The van der Waals surface area contributed by atoms with Crippen LogP contribution in [0.5, 0.6) is 0 Å². The van der Waals surface area contributed by atoms with Crippen LogP contribution in [-0.4, -0.2) is 37.6 Å². The molecular weight excluding hydrogens is 230 g/mol. The number of nitrogens with one attached hydrogen (secondary N) is 2. The molecular formula is C13H29N3S. The van der Waals surface area contributed by atoms with Crippen molar-refractivity contribution in [3.63, 3.8) is 0 Å². The van der Waals surface area contributed by atoms with Gasteiger partial charge in [0.15, 0.2) is 5.96 Å². The molecule has 0 spiro atoms. The maximum absolute atomic E-state index is 4.57. The predicted octanol–water partition coefficient (Wildman–Crippen LogP) is 2.73. The van der Waals surface area contributed by atoms with Crippen LogP contribution in [-0.2, 0) is 0 Å². The fourth-order valence-corrected chi connectivity index (χ4v) is 1.72. The monoisotopic (exact) mass is 259 g/mol. The molecule has 0 radical (unpaired) electrons. The van der Waals surface area contributed by atoms with Crippen LogP contribution in [0.3, 0.4) is 0 Å². The number of rotatable bonds is 7. The summed E-state index contributed by atoms with van der Waals surface area (Å²) in [5.41, 5.74) is 0.417.